The minimum atomic E-state index is -0.342. The van der Waals surface area contributed by atoms with Crippen molar-refractivity contribution in [2.24, 2.45) is 23.5 Å². The van der Waals surface area contributed by atoms with E-state index in [1.165, 1.54) is 12.8 Å². The topological polar surface area (TPSA) is 82.8 Å². The summed E-state index contributed by atoms with van der Waals surface area (Å²) in [6, 6.07) is 0. The maximum Gasteiger partial charge on any atom is 0.407 e. The Balaban J connectivity index is 1.43. The highest BCUT2D eigenvalue weighted by Gasteiger charge is 2.49. The summed E-state index contributed by atoms with van der Waals surface area (Å²) in [7, 11) is 0. The van der Waals surface area contributed by atoms with E-state index >= 15 is 0 Å². The quantitative estimate of drug-likeness (QED) is 0.471. The molecule has 6 nitrogen and oxygen atoms in total. The van der Waals surface area contributed by atoms with Gasteiger partial charge in [0.05, 0.1) is 33.0 Å². The second kappa shape index (κ2) is 10.6. The SMILES string of the molecule is NCCOCCOCCNC(=O)OC[C@H]1[C@@H]2CC/C=C\CC[C@@H]21. The predicted octanol–water partition coefficient (Wildman–Crippen LogP) is 1.70. The van der Waals surface area contributed by atoms with Crippen LogP contribution in [0.1, 0.15) is 25.7 Å². The predicted molar refractivity (Wildman–Crippen MR) is 88.1 cm³/mol. The minimum absolute atomic E-state index is 0.342. The summed E-state index contributed by atoms with van der Waals surface area (Å²) < 4.78 is 15.8. The van der Waals surface area contributed by atoms with E-state index in [0.717, 1.165) is 24.7 Å². The zero-order chi connectivity index (χ0) is 16.3. The van der Waals surface area contributed by atoms with E-state index in [9.17, 15) is 4.79 Å². The van der Waals surface area contributed by atoms with Gasteiger partial charge in [-0.15, -0.1) is 0 Å². The first-order chi connectivity index (χ1) is 11.3. The third-order valence-corrected chi connectivity index (χ3v) is 4.57. The number of nitrogens with two attached hydrogens (primary N) is 1. The molecule has 0 aliphatic heterocycles. The number of carbonyl (C=O) groups excluding carboxylic acids is 1. The maximum atomic E-state index is 11.7. The molecule has 2 aliphatic carbocycles. The summed E-state index contributed by atoms with van der Waals surface area (Å²) >= 11 is 0. The number of hydrogen-bond donors (Lipinski definition) is 2. The first kappa shape index (κ1) is 18.2. The van der Waals surface area contributed by atoms with Crippen LogP contribution in [0.15, 0.2) is 12.2 Å². The number of alkyl carbamates (subject to hydrolysis) is 1. The number of amides is 1. The molecule has 0 aromatic heterocycles. The van der Waals surface area contributed by atoms with Crippen LogP contribution >= 0.6 is 0 Å². The molecule has 0 saturated heterocycles. The molecule has 1 fully saturated rings. The van der Waals surface area contributed by atoms with Crippen molar-refractivity contribution in [2.75, 3.05) is 46.1 Å². The van der Waals surface area contributed by atoms with Crippen LogP contribution < -0.4 is 11.1 Å². The van der Waals surface area contributed by atoms with Gasteiger partial charge in [0.2, 0.25) is 0 Å². The van der Waals surface area contributed by atoms with Crippen molar-refractivity contribution >= 4 is 6.09 Å². The first-order valence-corrected chi connectivity index (χ1v) is 8.74. The molecule has 2 rings (SSSR count). The lowest BCUT2D eigenvalue weighted by Crippen LogP contribution is -2.29. The summed E-state index contributed by atoms with van der Waals surface area (Å²) in [6.45, 7) is 3.57. The summed E-state index contributed by atoms with van der Waals surface area (Å²) in [5, 5.41) is 2.71. The summed E-state index contributed by atoms with van der Waals surface area (Å²) in [5.74, 6) is 2.07. The van der Waals surface area contributed by atoms with Gasteiger partial charge in [-0.1, -0.05) is 12.2 Å². The van der Waals surface area contributed by atoms with Crippen LogP contribution in [-0.2, 0) is 14.2 Å². The average molecular weight is 326 g/mol. The molecule has 1 saturated carbocycles. The normalized spacial score (nSPS) is 27.4. The molecule has 0 radical (unpaired) electrons. The Kier molecular flexibility index (Phi) is 8.42. The van der Waals surface area contributed by atoms with Crippen molar-refractivity contribution in [2.45, 2.75) is 25.7 Å². The highest BCUT2D eigenvalue weighted by Crippen LogP contribution is 2.52. The number of carbonyl (C=O) groups is 1. The minimum Gasteiger partial charge on any atom is -0.449 e. The van der Waals surface area contributed by atoms with Gasteiger partial charge in [-0.3, -0.25) is 0 Å². The third-order valence-electron chi connectivity index (χ3n) is 4.57. The zero-order valence-electron chi connectivity index (χ0n) is 13.9. The number of nitrogens with one attached hydrogen (secondary N) is 1. The summed E-state index contributed by atoms with van der Waals surface area (Å²) in [5.41, 5.74) is 5.30. The number of allylic oxidation sites excluding steroid dienone is 2. The van der Waals surface area contributed by atoms with Crippen molar-refractivity contribution in [3.8, 4) is 0 Å². The van der Waals surface area contributed by atoms with Crippen molar-refractivity contribution in [3.05, 3.63) is 12.2 Å². The smallest absolute Gasteiger partial charge is 0.407 e. The van der Waals surface area contributed by atoms with E-state index < -0.39 is 0 Å². The molecule has 6 heteroatoms. The second-order valence-corrected chi connectivity index (χ2v) is 6.16. The standard InChI is InChI=1S/C17H30N2O4/c18-7-9-21-11-12-22-10-8-19-17(20)23-13-16-14-5-3-1-2-4-6-15(14)16/h1-2,14-16H,3-13,18H2,(H,19,20)/b2-1-/t14-,15+,16+. The van der Waals surface area contributed by atoms with Crippen LogP contribution in [0.5, 0.6) is 0 Å². The van der Waals surface area contributed by atoms with Gasteiger partial charge in [-0.05, 0) is 43.4 Å². The fraction of sp³-hybridized carbons (Fsp3) is 0.824. The molecule has 23 heavy (non-hydrogen) atoms. The van der Waals surface area contributed by atoms with Crippen LogP contribution in [0.25, 0.3) is 0 Å². The molecule has 0 unspecified atom stereocenters. The lowest BCUT2D eigenvalue weighted by molar-refractivity contribution is 0.0511. The lowest BCUT2D eigenvalue weighted by atomic mass is 10.1. The van der Waals surface area contributed by atoms with Gasteiger partial charge >= 0.3 is 6.09 Å². The molecule has 0 aromatic rings. The van der Waals surface area contributed by atoms with E-state index in [2.05, 4.69) is 17.5 Å². The van der Waals surface area contributed by atoms with E-state index in [4.69, 9.17) is 19.9 Å². The van der Waals surface area contributed by atoms with Gasteiger partial charge in [0.1, 0.15) is 0 Å². The molecular weight excluding hydrogens is 296 g/mol. The van der Waals surface area contributed by atoms with E-state index in [0.29, 0.717) is 52.0 Å². The van der Waals surface area contributed by atoms with E-state index in [1.807, 2.05) is 0 Å². The number of rotatable bonds is 10. The fourth-order valence-corrected chi connectivity index (χ4v) is 3.29. The van der Waals surface area contributed by atoms with Crippen molar-refractivity contribution < 1.29 is 19.0 Å². The van der Waals surface area contributed by atoms with Crippen LogP contribution in [0.4, 0.5) is 4.79 Å². The van der Waals surface area contributed by atoms with Gasteiger partial charge < -0.3 is 25.3 Å². The van der Waals surface area contributed by atoms with Gasteiger partial charge in [0.15, 0.2) is 0 Å². The van der Waals surface area contributed by atoms with Crippen molar-refractivity contribution in [1.82, 2.24) is 5.32 Å². The third kappa shape index (κ3) is 6.89. The Morgan fingerprint density at radius 1 is 1.04 bits per heavy atom. The largest absolute Gasteiger partial charge is 0.449 e. The molecule has 0 bridgehead atoms. The molecule has 3 atom stereocenters. The first-order valence-electron chi connectivity index (χ1n) is 8.74. The average Bonchev–Trinajstić information content (AvgIpc) is 3.17. The van der Waals surface area contributed by atoms with E-state index in [1.54, 1.807) is 0 Å². The highest BCUT2D eigenvalue weighted by atomic mass is 16.6. The molecule has 1 amide bonds. The number of ether oxygens (including phenoxy) is 3. The molecule has 3 N–H and O–H groups in total. The van der Waals surface area contributed by atoms with Crippen molar-refractivity contribution in [3.63, 3.8) is 0 Å². The van der Waals surface area contributed by atoms with Gasteiger partial charge in [0, 0.05) is 13.1 Å². The summed E-state index contributed by atoms with van der Waals surface area (Å²) in [6.07, 6.45) is 9.01. The Hall–Kier alpha value is -1.11. The number of fused-ring (bicyclic) bond motifs is 1. The van der Waals surface area contributed by atoms with Crippen LogP contribution in [-0.4, -0.2) is 52.2 Å². The molecular formula is C17H30N2O4. The fourth-order valence-electron chi connectivity index (χ4n) is 3.29. The lowest BCUT2D eigenvalue weighted by Gasteiger charge is -2.08. The number of hydrogen-bond acceptors (Lipinski definition) is 5. The van der Waals surface area contributed by atoms with Crippen LogP contribution in [0, 0.1) is 17.8 Å². The molecule has 0 spiro atoms. The molecule has 2 aliphatic rings. The molecule has 0 heterocycles. The van der Waals surface area contributed by atoms with Gasteiger partial charge in [-0.2, -0.15) is 0 Å². The maximum absolute atomic E-state index is 11.7. The monoisotopic (exact) mass is 326 g/mol. The van der Waals surface area contributed by atoms with Crippen molar-refractivity contribution in [1.29, 1.82) is 0 Å². The summed E-state index contributed by atoms with van der Waals surface area (Å²) in [4.78, 5) is 11.7. The highest BCUT2D eigenvalue weighted by molar-refractivity contribution is 5.67. The zero-order valence-corrected chi connectivity index (χ0v) is 13.9. The Morgan fingerprint density at radius 2 is 1.70 bits per heavy atom. The Labute approximate surface area is 138 Å². The van der Waals surface area contributed by atoms with Gasteiger partial charge in [-0.25, -0.2) is 4.79 Å². The second-order valence-electron chi connectivity index (χ2n) is 6.16. The van der Waals surface area contributed by atoms with E-state index in [-0.39, 0.29) is 6.09 Å². The van der Waals surface area contributed by atoms with Crippen LogP contribution in [0.3, 0.4) is 0 Å². The van der Waals surface area contributed by atoms with Gasteiger partial charge in [0.25, 0.3) is 0 Å². The molecule has 0 aromatic carbocycles. The Bertz CT molecular complexity index is 360. The van der Waals surface area contributed by atoms with Crippen LogP contribution in [0.2, 0.25) is 0 Å². The Morgan fingerprint density at radius 3 is 2.35 bits per heavy atom. The molecule has 132 valence electrons.